The molecule has 0 saturated heterocycles. The smallest absolute Gasteiger partial charge is 0.236 e. The van der Waals surface area contributed by atoms with Gasteiger partial charge in [-0.3, -0.25) is 0 Å². The summed E-state index contributed by atoms with van der Waals surface area (Å²) in [4.78, 5) is 3.08. The molecule has 5 heteroatoms. The first kappa shape index (κ1) is 11.2. The summed E-state index contributed by atoms with van der Waals surface area (Å²) < 4.78 is 36.0. The number of allylic oxidation sites excluding steroid dienone is 3. The SMILES string of the molecule is C=C/C=C(\N=C(C)Cl)C(F)(F)F. The van der Waals surface area contributed by atoms with Crippen molar-refractivity contribution in [3.8, 4) is 0 Å². The van der Waals surface area contributed by atoms with Crippen LogP contribution in [-0.2, 0) is 0 Å². The van der Waals surface area contributed by atoms with Crippen molar-refractivity contribution in [3.05, 3.63) is 24.4 Å². The molecule has 0 unspecified atom stereocenters. The first-order valence-electron chi connectivity index (χ1n) is 2.98. The van der Waals surface area contributed by atoms with Crippen LogP contribution in [0.25, 0.3) is 0 Å². The van der Waals surface area contributed by atoms with Crippen LogP contribution in [0.2, 0.25) is 0 Å². The Morgan fingerprint density at radius 3 is 2.25 bits per heavy atom. The van der Waals surface area contributed by atoms with E-state index >= 15 is 0 Å². The van der Waals surface area contributed by atoms with E-state index in [-0.39, 0.29) is 5.17 Å². The molecule has 0 N–H and O–H groups in total. The van der Waals surface area contributed by atoms with E-state index in [0.717, 1.165) is 12.2 Å². The summed E-state index contributed by atoms with van der Waals surface area (Å²) >= 11 is 5.19. The molecule has 0 radical (unpaired) electrons. The summed E-state index contributed by atoms with van der Waals surface area (Å²) in [6, 6.07) is 0. The minimum Gasteiger partial charge on any atom is -0.236 e. The Kier molecular flexibility index (Phi) is 4.03. The molecule has 0 aromatic heterocycles. The maximum absolute atomic E-state index is 12.0. The Balaban J connectivity index is 4.82. The van der Waals surface area contributed by atoms with E-state index in [4.69, 9.17) is 11.6 Å². The fraction of sp³-hybridized carbons (Fsp3) is 0.286. The number of rotatable bonds is 2. The monoisotopic (exact) mass is 197 g/mol. The molecule has 0 aliphatic rings. The molecule has 12 heavy (non-hydrogen) atoms. The Labute approximate surface area is 73.2 Å². The molecular formula is C7H7ClF3N. The van der Waals surface area contributed by atoms with Crippen molar-refractivity contribution in [3.63, 3.8) is 0 Å². The third-order valence-electron chi connectivity index (χ3n) is 0.841. The number of hydrogen-bond acceptors (Lipinski definition) is 1. The second-order valence-corrected chi connectivity index (χ2v) is 2.44. The van der Waals surface area contributed by atoms with Gasteiger partial charge in [-0.2, -0.15) is 13.2 Å². The molecule has 0 aliphatic heterocycles. The van der Waals surface area contributed by atoms with Crippen molar-refractivity contribution < 1.29 is 13.2 Å². The lowest BCUT2D eigenvalue weighted by Gasteiger charge is -2.05. The van der Waals surface area contributed by atoms with Gasteiger partial charge in [-0.25, -0.2) is 4.99 Å². The molecule has 0 atom stereocenters. The molecule has 0 heterocycles. The van der Waals surface area contributed by atoms with Crippen LogP contribution in [0.1, 0.15) is 6.92 Å². The molecule has 0 rings (SSSR count). The van der Waals surface area contributed by atoms with Crippen molar-refractivity contribution in [2.24, 2.45) is 4.99 Å². The van der Waals surface area contributed by atoms with Crippen LogP contribution in [-0.4, -0.2) is 11.3 Å². The van der Waals surface area contributed by atoms with Gasteiger partial charge in [-0.1, -0.05) is 24.3 Å². The normalized spacial score (nSPS) is 14.8. The minimum absolute atomic E-state index is 0.166. The van der Waals surface area contributed by atoms with Crippen LogP contribution in [0.4, 0.5) is 13.2 Å². The van der Waals surface area contributed by atoms with Crippen LogP contribution in [0, 0.1) is 0 Å². The molecule has 0 aromatic rings. The molecule has 0 amide bonds. The second kappa shape index (κ2) is 4.30. The lowest BCUT2D eigenvalue weighted by Crippen LogP contribution is -2.10. The predicted octanol–water partition coefficient (Wildman–Crippen LogP) is 3.28. The number of nitrogens with zero attached hydrogens (tertiary/aromatic N) is 1. The summed E-state index contributed by atoms with van der Waals surface area (Å²) in [6.07, 6.45) is -2.72. The molecule has 68 valence electrons. The van der Waals surface area contributed by atoms with Gasteiger partial charge in [0.15, 0.2) is 0 Å². The van der Waals surface area contributed by atoms with Gasteiger partial charge in [0.2, 0.25) is 0 Å². The van der Waals surface area contributed by atoms with Crippen LogP contribution in [0.15, 0.2) is 29.4 Å². The van der Waals surface area contributed by atoms with E-state index in [1.54, 1.807) is 0 Å². The Hall–Kier alpha value is -0.770. The van der Waals surface area contributed by atoms with E-state index < -0.39 is 11.9 Å². The van der Waals surface area contributed by atoms with Crippen molar-refractivity contribution >= 4 is 16.8 Å². The summed E-state index contributed by atoms with van der Waals surface area (Å²) in [6.45, 7) is 4.40. The van der Waals surface area contributed by atoms with Gasteiger partial charge in [0.05, 0.1) is 0 Å². The molecule has 0 aromatic carbocycles. The van der Waals surface area contributed by atoms with Gasteiger partial charge >= 0.3 is 6.18 Å². The van der Waals surface area contributed by atoms with Gasteiger partial charge in [0.1, 0.15) is 10.9 Å². The third kappa shape index (κ3) is 4.18. The van der Waals surface area contributed by atoms with Crippen molar-refractivity contribution in [1.29, 1.82) is 0 Å². The number of hydrogen-bond donors (Lipinski definition) is 0. The molecule has 0 aliphatic carbocycles. The fourth-order valence-electron chi connectivity index (χ4n) is 0.473. The summed E-state index contributed by atoms with van der Waals surface area (Å²) in [5, 5.41) is -0.166. The Morgan fingerprint density at radius 2 is 2.00 bits per heavy atom. The molecule has 0 spiro atoms. The van der Waals surface area contributed by atoms with Crippen molar-refractivity contribution in [2.75, 3.05) is 0 Å². The summed E-state index contributed by atoms with van der Waals surface area (Å²) in [5.74, 6) is 0. The fourth-order valence-corrected chi connectivity index (χ4v) is 0.564. The van der Waals surface area contributed by atoms with Crippen LogP contribution < -0.4 is 0 Å². The van der Waals surface area contributed by atoms with Gasteiger partial charge < -0.3 is 0 Å². The molecular weight excluding hydrogens is 191 g/mol. The van der Waals surface area contributed by atoms with Crippen molar-refractivity contribution in [2.45, 2.75) is 13.1 Å². The largest absolute Gasteiger partial charge is 0.433 e. The lowest BCUT2D eigenvalue weighted by molar-refractivity contribution is -0.0922. The first-order chi connectivity index (χ1) is 5.38. The molecule has 0 fully saturated rings. The van der Waals surface area contributed by atoms with Gasteiger partial charge in [0, 0.05) is 0 Å². The molecule has 0 bridgehead atoms. The zero-order chi connectivity index (χ0) is 9.78. The van der Waals surface area contributed by atoms with Crippen molar-refractivity contribution in [1.82, 2.24) is 0 Å². The van der Waals surface area contributed by atoms with E-state index in [1.165, 1.54) is 6.92 Å². The Bertz CT molecular complexity index is 223. The van der Waals surface area contributed by atoms with E-state index in [9.17, 15) is 13.2 Å². The van der Waals surface area contributed by atoms with Gasteiger partial charge in [0.25, 0.3) is 0 Å². The average molecular weight is 198 g/mol. The van der Waals surface area contributed by atoms with E-state index in [0.29, 0.717) is 0 Å². The third-order valence-corrected chi connectivity index (χ3v) is 0.925. The predicted molar refractivity (Wildman–Crippen MR) is 43.3 cm³/mol. The van der Waals surface area contributed by atoms with Crippen LogP contribution in [0.3, 0.4) is 0 Å². The quantitative estimate of drug-likeness (QED) is 0.476. The zero-order valence-electron chi connectivity index (χ0n) is 6.32. The highest BCUT2D eigenvalue weighted by Gasteiger charge is 2.33. The average Bonchev–Trinajstić information content (AvgIpc) is 1.83. The summed E-state index contributed by atoms with van der Waals surface area (Å²) in [7, 11) is 0. The molecule has 0 saturated carbocycles. The Morgan fingerprint density at radius 1 is 1.50 bits per heavy atom. The topological polar surface area (TPSA) is 12.4 Å². The number of aliphatic imine (C=N–C) groups is 1. The standard InChI is InChI=1S/C7H7ClF3N/c1-3-4-6(7(9,10)11)12-5(2)8/h3-4H,1H2,2H3/b6-4-,12-5?. The zero-order valence-corrected chi connectivity index (χ0v) is 7.08. The maximum atomic E-state index is 12.0. The molecule has 1 nitrogen and oxygen atoms in total. The number of alkyl halides is 3. The number of halogens is 4. The second-order valence-electron chi connectivity index (χ2n) is 1.89. The van der Waals surface area contributed by atoms with Gasteiger partial charge in [-0.05, 0) is 13.0 Å². The van der Waals surface area contributed by atoms with Crippen LogP contribution >= 0.6 is 11.6 Å². The van der Waals surface area contributed by atoms with E-state index in [2.05, 4.69) is 11.6 Å². The lowest BCUT2D eigenvalue weighted by atomic mass is 10.4. The summed E-state index contributed by atoms with van der Waals surface area (Å²) in [5.41, 5.74) is -1.05. The first-order valence-corrected chi connectivity index (χ1v) is 3.36. The highest BCUT2D eigenvalue weighted by atomic mass is 35.5. The minimum atomic E-state index is -4.48. The van der Waals surface area contributed by atoms with E-state index in [1.807, 2.05) is 0 Å². The van der Waals surface area contributed by atoms with Gasteiger partial charge in [-0.15, -0.1) is 0 Å². The van der Waals surface area contributed by atoms with Crippen LogP contribution in [0.5, 0.6) is 0 Å². The maximum Gasteiger partial charge on any atom is 0.433 e. The highest BCUT2D eigenvalue weighted by molar-refractivity contribution is 6.64. The highest BCUT2D eigenvalue weighted by Crippen LogP contribution is 2.26.